The van der Waals surface area contributed by atoms with Gasteiger partial charge in [-0.05, 0) is 25.5 Å². The van der Waals surface area contributed by atoms with Crippen LogP contribution >= 0.6 is 0 Å². The fourth-order valence-corrected chi connectivity index (χ4v) is 1.65. The van der Waals surface area contributed by atoms with E-state index < -0.39 is 0 Å². The van der Waals surface area contributed by atoms with Crippen molar-refractivity contribution in [3.8, 4) is 0 Å². The fraction of sp³-hybridized carbons (Fsp3) is 0.857. The lowest BCUT2D eigenvalue weighted by Crippen LogP contribution is -2.19. The molecule has 0 heterocycles. The van der Waals surface area contributed by atoms with Crippen LogP contribution in [0.15, 0.2) is 12.3 Å². The number of hydrogen-bond acceptors (Lipinski definition) is 1. The Kier molecular flexibility index (Phi) is 11.3. The average molecular weight is 211 g/mol. The second-order valence-corrected chi connectivity index (χ2v) is 4.24. The van der Waals surface area contributed by atoms with Gasteiger partial charge in [0, 0.05) is 13.1 Å². The summed E-state index contributed by atoms with van der Waals surface area (Å²) in [5.41, 5.74) is 0. The minimum Gasteiger partial charge on any atom is -0.378 e. The molecule has 0 bridgehead atoms. The molecular weight excluding hydrogens is 182 g/mol. The highest BCUT2D eigenvalue weighted by atomic mass is 15.1. The molecule has 1 nitrogen and oxygen atoms in total. The lowest BCUT2D eigenvalue weighted by Gasteiger charge is -2.20. The van der Waals surface area contributed by atoms with Crippen LogP contribution in [0.5, 0.6) is 0 Å². The first-order chi connectivity index (χ1) is 7.35. The van der Waals surface area contributed by atoms with E-state index >= 15 is 0 Å². The van der Waals surface area contributed by atoms with Crippen LogP contribution in [0, 0.1) is 0 Å². The minimum absolute atomic E-state index is 1.15. The molecule has 0 aliphatic carbocycles. The smallest absolute Gasteiger partial charge is 0.0172 e. The molecule has 0 fully saturated rings. The van der Waals surface area contributed by atoms with Gasteiger partial charge in [-0.15, -0.1) is 0 Å². The number of rotatable bonds is 10. The summed E-state index contributed by atoms with van der Waals surface area (Å²) in [6.45, 7) is 9.22. The van der Waals surface area contributed by atoms with Crippen LogP contribution in [-0.2, 0) is 0 Å². The largest absolute Gasteiger partial charge is 0.378 e. The van der Waals surface area contributed by atoms with E-state index in [1.165, 1.54) is 51.6 Å². The van der Waals surface area contributed by atoms with Crippen LogP contribution in [0.2, 0.25) is 0 Å². The molecule has 0 saturated heterocycles. The zero-order chi connectivity index (χ0) is 11.4. The molecule has 0 atom stereocenters. The zero-order valence-electron chi connectivity index (χ0n) is 11.0. The molecular formula is C14H29N. The van der Waals surface area contributed by atoms with Gasteiger partial charge in [0.2, 0.25) is 0 Å². The first-order valence-corrected chi connectivity index (χ1v) is 6.75. The summed E-state index contributed by atoms with van der Waals surface area (Å²) in [6, 6.07) is 0. The standard InChI is InChI=1S/C14H29N/c1-4-7-10-13-15(12-9-6-3)14-11-8-5-2/h9,12H,4-8,10-11,13-14H2,1-3H3. The van der Waals surface area contributed by atoms with E-state index in [1.54, 1.807) is 0 Å². The van der Waals surface area contributed by atoms with Crippen molar-refractivity contribution < 1.29 is 0 Å². The molecule has 0 aliphatic heterocycles. The second-order valence-electron chi connectivity index (χ2n) is 4.24. The normalized spacial score (nSPS) is 11.1. The van der Waals surface area contributed by atoms with E-state index in [1.807, 2.05) is 0 Å². The van der Waals surface area contributed by atoms with Gasteiger partial charge in [0.05, 0.1) is 0 Å². The van der Waals surface area contributed by atoms with E-state index in [-0.39, 0.29) is 0 Å². The number of nitrogens with zero attached hydrogens (tertiary/aromatic N) is 1. The maximum atomic E-state index is 2.49. The number of unbranched alkanes of at least 4 members (excludes halogenated alkanes) is 4. The summed E-state index contributed by atoms with van der Waals surface area (Å²) < 4.78 is 0. The summed E-state index contributed by atoms with van der Waals surface area (Å²) in [6.07, 6.45) is 13.8. The summed E-state index contributed by atoms with van der Waals surface area (Å²) in [4.78, 5) is 2.49. The Bertz CT molecular complexity index is 130. The van der Waals surface area contributed by atoms with E-state index in [0.29, 0.717) is 0 Å². The topological polar surface area (TPSA) is 3.24 Å². The van der Waals surface area contributed by atoms with Crippen molar-refractivity contribution in [2.45, 2.75) is 65.7 Å². The van der Waals surface area contributed by atoms with Gasteiger partial charge in [0.15, 0.2) is 0 Å². The Hall–Kier alpha value is -0.460. The molecule has 15 heavy (non-hydrogen) atoms. The maximum absolute atomic E-state index is 2.49. The van der Waals surface area contributed by atoms with Crippen LogP contribution < -0.4 is 0 Å². The van der Waals surface area contributed by atoms with E-state index in [0.717, 1.165) is 6.42 Å². The molecule has 0 rings (SSSR count). The number of allylic oxidation sites excluding steroid dienone is 1. The van der Waals surface area contributed by atoms with Gasteiger partial charge in [-0.25, -0.2) is 0 Å². The Balaban J connectivity index is 3.68. The summed E-state index contributed by atoms with van der Waals surface area (Å²) in [5, 5.41) is 0. The number of hydrogen-bond donors (Lipinski definition) is 0. The quantitative estimate of drug-likeness (QED) is 0.478. The predicted molar refractivity (Wildman–Crippen MR) is 70.1 cm³/mol. The molecule has 0 aliphatic rings. The SMILES string of the molecule is CCC=CN(CCCCC)CCCCC. The van der Waals surface area contributed by atoms with Gasteiger partial charge in [0.1, 0.15) is 0 Å². The third kappa shape index (κ3) is 9.84. The molecule has 0 aromatic carbocycles. The maximum Gasteiger partial charge on any atom is 0.0172 e. The van der Waals surface area contributed by atoms with Gasteiger partial charge in [0.25, 0.3) is 0 Å². The minimum atomic E-state index is 1.15. The summed E-state index contributed by atoms with van der Waals surface area (Å²) in [7, 11) is 0. The molecule has 0 saturated carbocycles. The van der Waals surface area contributed by atoms with Crippen molar-refractivity contribution in [1.82, 2.24) is 4.90 Å². The molecule has 90 valence electrons. The van der Waals surface area contributed by atoms with Crippen LogP contribution in [0.4, 0.5) is 0 Å². The molecule has 0 spiro atoms. The summed E-state index contributed by atoms with van der Waals surface area (Å²) in [5.74, 6) is 0. The molecule has 0 amide bonds. The molecule has 0 aromatic rings. The zero-order valence-corrected chi connectivity index (χ0v) is 11.0. The van der Waals surface area contributed by atoms with Gasteiger partial charge in [-0.2, -0.15) is 0 Å². The Morgan fingerprint density at radius 3 is 1.73 bits per heavy atom. The first-order valence-electron chi connectivity index (χ1n) is 6.75. The van der Waals surface area contributed by atoms with Crippen LogP contribution in [-0.4, -0.2) is 18.0 Å². The highest BCUT2D eigenvalue weighted by Crippen LogP contribution is 2.03. The Morgan fingerprint density at radius 2 is 1.33 bits per heavy atom. The second kappa shape index (κ2) is 11.6. The third-order valence-corrected chi connectivity index (χ3v) is 2.65. The van der Waals surface area contributed by atoms with E-state index in [9.17, 15) is 0 Å². The van der Waals surface area contributed by atoms with E-state index in [4.69, 9.17) is 0 Å². The molecule has 0 N–H and O–H groups in total. The molecule has 1 heteroatoms. The van der Waals surface area contributed by atoms with Crippen molar-refractivity contribution in [2.24, 2.45) is 0 Å². The third-order valence-electron chi connectivity index (χ3n) is 2.65. The van der Waals surface area contributed by atoms with Crippen molar-refractivity contribution in [3.63, 3.8) is 0 Å². The fourth-order valence-electron chi connectivity index (χ4n) is 1.65. The van der Waals surface area contributed by atoms with Crippen molar-refractivity contribution >= 4 is 0 Å². The molecule has 0 radical (unpaired) electrons. The average Bonchev–Trinajstić information content (AvgIpc) is 2.25. The highest BCUT2D eigenvalue weighted by Gasteiger charge is 1.97. The van der Waals surface area contributed by atoms with Crippen molar-refractivity contribution in [1.29, 1.82) is 0 Å². The highest BCUT2D eigenvalue weighted by molar-refractivity contribution is 4.81. The van der Waals surface area contributed by atoms with Gasteiger partial charge < -0.3 is 4.90 Å². The van der Waals surface area contributed by atoms with Crippen LogP contribution in [0.1, 0.15) is 65.7 Å². The van der Waals surface area contributed by atoms with Crippen LogP contribution in [0.25, 0.3) is 0 Å². The van der Waals surface area contributed by atoms with Crippen molar-refractivity contribution in [3.05, 3.63) is 12.3 Å². The summed E-state index contributed by atoms with van der Waals surface area (Å²) >= 11 is 0. The first kappa shape index (κ1) is 14.5. The lowest BCUT2D eigenvalue weighted by atomic mass is 10.2. The van der Waals surface area contributed by atoms with E-state index in [2.05, 4.69) is 37.9 Å². The molecule has 0 unspecified atom stereocenters. The Labute approximate surface area is 96.6 Å². The van der Waals surface area contributed by atoms with Gasteiger partial charge in [-0.3, -0.25) is 0 Å². The van der Waals surface area contributed by atoms with Crippen molar-refractivity contribution in [2.75, 3.05) is 13.1 Å². The predicted octanol–water partition coefficient (Wildman–Crippen LogP) is 4.59. The van der Waals surface area contributed by atoms with Gasteiger partial charge in [-0.1, -0.05) is 52.5 Å². The van der Waals surface area contributed by atoms with Crippen LogP contribution in [0.3, 0.4) is 0 Å². The Morgan fingerprint density at radius 1 is 0.800 bits per heavy atom. The molecule has 0 aromatic heterocycles. The van der Waals surface area contributed by atoms with Gasteiger partial charge >= 0.3 is 0 Å². The lowest BCUT2D eigenvalue weighted by molar-refractivity contribution is 0.353. The monoisotopic (exact) mass is 211 g/mol.